The highest BCUT2D eigenvalue weighted by molar-refractivity contribution is 7.12. The van der Waals surface area contributed by atoms with Crippen LogP contribution in [0.2, 0.25) is 0 Å². The van der Waals surface area contributed by atoms with Gasteiger partial charge in [0.25, 0.3) is 0 Å². The minimum Gasteiger partial charge on any atom is -0.309 e. The molecule has 3 rings (SSSR count). The average Bonchev–Trinajstić information content (AvgIpc) is 3.18. The number of hydrogen-bond acceptors (Lipinski definition) is 3. The molecule has 0 aromatic carbocycles. The van der Waals surface area contributed by atoms with Crippen LogP contribution < -0.4 is 5.32 Å². The topological polar surface area (TPSA) is 15.3 Å². The number of likely N-dealkylation sites (tertiary alicyclic amines) is 1. The summed E-state index contributed by atoms with van der Waals surface area (Å²) in [6, 6.07) is 3.99. The summed E-state index contributed by atoms with van der Waals surface area (Å²) in [6.45, 7) is 10.6. The van der Waals surface area contributed by atoms with Gasteiger partial charge < -0.3 is 5.32 Å². The van der Waals surface area contributed by atoms with Crippen molar-refractivity contribution >= 4 is 11.3 Å². The molecule has 112 valence electrons. The van der Waals surface area contributed by atoms with Gasteiger partial charge in [0.1, 0.15) is 0 Å². The maximum absolute atomic E-state index is 3.63. The molecule has 2 unspecified atom stereocenters. The molecule has 0 amide bonds. The molecule has 2 nitrogen and oxygen atoms in total. The highest BCUT2D eigenvalue weighted by atomic mass is 32.1. The monoisotopic (exact) mass is 292 g/mol. The van der Waals surface area contributed by atoms with Crippen LogP contribution in [0.3, 0.4) is 0 Å². The highest BCUT2D eigenvalue weighted by Crippen LogP contribution is 2.29. The first-order chi connectivity index (χ1) is 9.63. The van der Waals surface area contributed by atoms with E-state index in [1.54, 1.807) is 5.56 Å². The molecule has 0 spiro atoms. The fourth-order valence-corrected chi connectivity index (χ4v) is 4.23. The third-order valence-corrected chi connectivity index (χ3v) is 6.18. The zero-order valence-electron chi connectivity index (χ0n) is 13.1. The van der Waals surface area contributed by atoms with Gasteiger partial charge in [-0.05, 0) is 63.6 Å². The molecule has 1 aliphatic carbocycles. The van der Waals surface area contributed by atoms with E-state index in [9.17, 15) is 0 Å². The molecule has 2 heterocycles. The smallest absolute Gasteiger partial charge is 0.0302 e. The van der Waals surface area contributed by atoms with Crippen molar-refractivity contribution in [1.82, 2.24) is 10.2 Å². The van der Waals surface area contributed by atoms with Gasteiger partial charge in [-0.2, -0.15) is 0 Å². The quantitative estimate of drug-likeness (QED) is 0.884. The Morgan fingerprint density at radius 2 is 2.10 bits per heavy atom. The minimum atomic E-state index is 0.732. The molecule has 1 saturated heterocycles. The van der Waals surface area contributed by atoms with Crippen molar-refractivity contribution in [2.75, 3.05) is 6.54 Å². The van der Waals surface area contributed by atoms with Crippen molar-refractivity contribution in [3.63, 3.8) is 0 Å². The van der Waals surface area contributed by atoms with Gasteiger partial charge in [0, 0.05) is 34.9 Å². The van der Waals surface area contributed by atoms with E-state index in [0.29, 0.717) is 0 Å². The summed E-state index contributed by atoms with van der Waals surface area (Å²) in [7, 11) is 0. The molecule has 0 bridgehead atoms. The van der Waals surface area contributed by atoms with E-state index < -0.39 is 0 Å². The third-order valence-electron chi connectivity index (χ3n) is 5.09. The van der Waals surface area contributed by atoms with Crippen molar-refractivity contribution in [3.8, 4) is 0 Å². The number of thiophene rings is 1. The first kappa shape index (κ1) is 14.6. The van der Waals surface area contributed by atoms with E-state index in [4.69, 9.17) is 0 Å². The van der Waals surface area contributed by atoms with Gasteiger partial charge in [0.05, 0.1) is 0 Å². The maximum Gasteiger partial charge on any atom is 0.0302 e. The lowest BCUT2D eigenvalue weighted by atomic mass is 9.92. The van der Waals surface area contributed by atoms with Gasteiger partial charge in [-0.3, -0.25) is 4.90 Å². The van der Waals surface area contributed by atoms with E-state index in [0.717, 1.165) is 31.1 Å². The molecule has 20 heavy (non-hydrogen) atoms. The Kier molecular flexibility index (Phi) is 4.49. The molecule has 2 atom stereocenters. The molecular weight excluding hydrogens is 264 g/mol. The van der Waals surface area contributed by atoms with Crippen LogP contribution in [0.4, 0.5) is 0 Å². The predicted octanol–water partition coefficient (Wildman–Crippen LogP) is 3.93. The zero-order valence-corrected chi connectivity index (χ0v) is 13.9. The second-order valence-electron chi connectivity index (χ2n) is 6.78. The van der Waals surface area contributed by atoms with Gasteiger partial charge in [-0.1, -0.05) is 6.92 Å². The highest BCUT2D eigenvalue weighted by Gasteiger charge is 2.25. The molecule has 3 heteroatoms. The van der Waals surface area contributed by atoms with Crippen LogP contribution in [0.5, 0.6) is 0 Å². The molecule has 0 radical (unpaired) electrons. The Bertz CT molecular complexity index is 450. The maximum atomic E-state index is 3.63. The predicted molar refractivity (Wildman–Crippen MR) is 87.2 cm³/mol. The molecular formula is C17H28N2S. The standard InChI is InChI=1S/C17H28N2S/c1-12-5-4-8-19(13(12)2)11-15-9-17(20-14(15)3)10-18-16-6-7-16/h9,12-13,16,18H,4-8,10-11H2,1-3H3. The molecule has 2 fully saturated rings. The molecule has 1 aromatic rings. The summed E-state index contributed by atoms with van der Waals surface area (Å²) in [4.78, 5) is 5.71. The zero-order chi connectivity index (χ0) is 14.1. The number of nitrogens with one attached hydrogen (secondary N) is 1. The third kappa shape index (κ3) is 3.44. The number of nitrogens with zero attached hydrogens (tertiary/aromatic N) is 1. The van der Waals surface area contributed by atoms with Crippen molar-refractivity contribution in [1.29, 1.82) is 0 Å². The van der Waals surface area contributed by atoms with Crippen LogP contribution >= 0.6 is 11.3 Å². The second kappa shape index (κ2) is 6.17. The lowest BCUT2D eigenvalue weighted by Gasteiger charge is -2.37. The first-order valence-corrected chi connectivity index (χ1v) is 9.00. The van der Waals surface area contributed by atoms with Gasteiger partial charge in [-0.15, -0.1) is 11.3 Å². The normalized spacial score (nSPS) is 27.9. The minimum absolute atomic E-state index is 0.732. The number of aryl methyl sites for hydroxylation is 1. The Hall–Kier alpha value is -0.380. The summed E-state index contributed by atoms with van der Waals surface area (Å²) in [5.41, 5.74) is 1.56. The fraction of sp³-hybridized carbons (Fsp3) is 0.765. The van der Waals surface area contributed by atoms with Crippen molar-refractivity contribution < 1.29 is 0 Å². The Labute approximate surface area is 127 Å². The van der Waals surface area contributed by atoms with Gasteiger partial charge >= 0.3 is 0 Å². The van der Waals surface area contributed by atoms with Crippen molar-refractivity contribution in [3.05, 3.63) is 21.4 Å². The summed E-state index contributed by atoms with van der Waals surface area (Å²) in [5.74, 6) is 0.846. The van der Waals surface area contributed by atoms with Crippen LogP contribution in [0.1, 0.15) is 54.8 Å². The number of piperidine rings is 1. The lowest BCUT2D eigenvalue weighted by molar-refractivity contribution is 0.106. The molecule has 1 aliphatic heterocycles. The van der Waals surface area contributed by atoms with Gasteiger partial charge in [-0.25, -0.2) is 0 Å². The van der Waals surface area contributed by atoms with E-state index in [2.05, 4.69) is 37.1 Å². The first-order valence-electron chi connectivity index (χ1n) is 8.19. The average molecular weight is 292 g/mol. The molecule has 1 saturated carbocycles. The lowest BCUT2D eigenvalue weighted by Crippen LogP contribution is -2.41. The van der Waals surface area contributed by atoms with Crippen LogP contribution in [-0.4, -0.2) is 23.5 Å². The van der Waals surface area contributed by atoms with Crippen LogP contribution in [0.25, 0.3) is 0 Å². The van der Waals surface area contributed by atoms with Crippen molar-refractivity contribution in [2.45, 2.75) is 71.6 Å². The fourth-order valence-electron chi connectivity index (χ4n) is 3.23. The van der Waals surface area contributed by atoms with E-state index in [-0.39, 0.29) is 0 Å². The van der Waals surface area contributed by atoms with Gasteiger partial charge in [0.2, 0.25) is 0 Å². The number of rotatable bonds is 5. The Morgan fingerprint density at radius 3 is 2.85 bits per heavy atom. The summed E-state index contributed by atoms with van der Waals surface area (Å²) in [6.07, 6.45) is 5.52. The molecule has 1 aromatic heterocycles. The SMILES string of the molecule is Cc1sc(CNC2CC2)cc1CN1CCCC(C)C1C. The van der Waals surface area contributed by atoms with Crippen LogP contribution in [0, 0.1) is 12.8 Å². The van der Waals surface area contributed by atoms with Crippen LogP contribution in [0.15, 0.2) is 6.07 Å². The largest absolute Gasteiger partial charge is 0.309 e. The molecule has 2 aliphatic rings. The summed E-state index contributed by atoms with van der Waals surface area (Å²) in [5, 5.41) is 3.63. The summed E-state index contributed by atoms with van der Waals surface area (Å²) >= 11 is 1.99. The summed E-state index contributed by atoms with van der Waals surface area (Å²) < 4.78 is 0. The Morgan fingerprint density at radius 1 is 1.30 bits per heavy atom. The van der Waals surface area contributed by atoms with Gasteiger partial charge in [0.15, 0.2) is 0 Å². The Balaban J connectivity index is 1.60. The van der Waals surface area contributed by atoms with Crippen LogP contribution in [-0.2, 0) is 13.1 Å². The van der Waals surface area contributed by atoms with Crippen molar-refractivity contribution in [2.24, 2.45) is 5.92 Å². The van der Waals surface area contributed by atoms with E-state index in [1.807, 2.05) is 11.3 Å². The van der Waals surface area contributed by atoms with E-state index in [1.165, 1.54) is 42.0 Å². The molecule has 1 N–H and O–H groups in total. The second-order valence-corrected chi connectivity index (χ2v) is 8.12. The van der Waals surface area contributed by atoms with E-state index >= 15 is 0 Å². The number of hydrogen-bond donors (Lipinski definition) is 1.